The van der Waals surface area contributed by atoms with Crippen molar-refractivity contribution in [2.24, 2.45) is 11.1 Å². The van der Waals surface area contributed by atoms with Crippen LogP contribution < -0.4 is 10.1 Å². The molecule has 34 heavy (non-hydrogen) atoms. The Kier molecular flexibility index (Phi) is 4.48. The highest BCUT2D eigenvalue weighted by molar-refractivity contribution is 6.25. The number of benzene rings is 4. The van der Waals surface area contributed by atoms with Gasteiger partial charge in [0.25, 0.3) is 11.5 Å². The third kappa shape index (κ3) is 2.85. The van der Waals surface area contributed by atoms with Gasteiger partial charge in [-0.2, -0.15) is 0 Å². The Morgan fingerprint density at radius 3 is 2.47 bits per heavy atom. The van der Waals surface area contributed by atoms with E-state index < -0.39 is 17.4 Å². The molecular weight excluding hydrogens is 428 g/mol. The van der Waals surface area contributed by atoms with Crippen molar-refractivity contribution in [3.8, 4) is 5.75 Å². The number of fused-ring (bicyclic) bond motifs is 3. The standard InChI is InChI=1S/C28H20N2O4/c1-33-21-14-12-18(13-15-21)25-24(26(31)20-11-10-17-6-2-3-7-19(17)16-20)28(34-30-25)22-8-4-5-9-23(22)29-27(28)32/h2-16,24H,1H3,(H,29,32)/t24-,28-/m1/s1. The van der Waals surface area contributed by atoms with Gasteiger partial charge in [-0.3, -0.25) is 9.59 Å². The first-order valence-electron chi connectivity index (χ1n) is 11.0. The summed E-state index contributed by atoms with van der Waals surface area (Å²) in [5.74, 6) is -0.921. The van der Waals surface area contributed by atoms with Crippen LogP contribution >= 0.6 is 0 Å². The van der Waals surface area contributed by atoms with Crippen molar-refractivity contribution in [1.29, 1.82) is 0 Å². The molecule has 6 rings (SSSR count). The Morgan fingerprint density at radius 2 is 1.68 bits per heavy atom. The lowest BCUT2D eigenvalue weighted by molar-refractivity contribution is -0.140. The number of methoxy groups -OCH3 is 1. The Hall–Kier alpha value is -4.45. The van der Waals surface area contributed by atoms with E-state index in [1.807, 2.05) is 60.7 Å². The minimum Gasteiger partial charge on any atom is -0.497 e. The summed E-state index contributed by atoms with van der Waals surface area (Å²) >= 11 is 0. The predicted molar refractivity (Wildman–Crippen MR) is 129 cm³/mol. The van der Waals surface area contributed by atoms with Crippen molar-refractivity contribution in [2.75, 3.05) is 12.4 Å². The van der Waals surface area contributed by atoms with Crippen LogP contribution in [0.1, 0.15) is 21.5 Å². The number of nitrogens with one attached hydrogen (secondary N) is 1. The number of Topliss-reactive ketones (excluding diaryl/α,β-unsaturated/α-hetero) is 1. The number of oxime groups is 1. The molecule has 1 amide bonds. The van der Waals surface area contributed by atoms with Crippen LogP contribution in [0.4, 0.5) is 5.69 Å². The largest absolute Gasteiger partial charge is 0.497 e. The SMILES string of the molecule is COc1ccc(C2=NO[C@@]3(C(=O)Nc4ccccc43)[C@H]2C(=O)c2ccc3ccccc3c2)cc1. The van der Waals surface area contributed by atoms with Gasteiger partial charge >= 0.3 is 0 Å². The van der Waals surface area contributed by atoms with Gasteiger partial charge in [0.05, 0.1) is 7.11 Å². The molecule has 0 saturated heterocycles. The average molecular weight is 448 g/mol. The zero-order valence-corrected chi connectivity index (χ0v) is 18.3. The molecule has 2 aliphatic rings. The first-order valence-corrected chi connectivity index (χ1v) is 11.0. The number of carbonyl (C=O) groups is 2. The zero-order chi connectivity index (χ0) is 23.3. The molecule has 1 spiro atoms. The van der Waals surface area contributed by atoms with E-state index in [0.29, 0.717) is 33.8 Å². The maximum Gasteiger partial charge on any atom is 0.277 e. The molecule has 0 aromatic heterocycles. The van der Waals surface area contributed by atoms with Crippen LogP contribution in [0.2, 0.25) is 0 Å². The lowest BCUT2D eigenvalue weighted by Crippen LogP contribution is -2.46. The summed E-state index contributed by atoms with van der Waals surface area (Å²) in [6.07, 6.45) is 0. The van der Waals surface area contributed by atoms with E-state index in [2.05, 4.69) is 10.5 Å². The van der Waals surface area contributed by atoms with Gasteiger partial charge in [-0.25, -0.2) is 0 Å². The third-order valence-corrected chi connectivity index (χ3v) is 6.56. The quantitative estimate of drug-likeness (QED) is 0.449. The van der Waals surface area contributed by atoms with Crippen molar-refractivity contribution >= 4 is 33.9 Å². The molecule has 0 fully saturated rings. The second kappa shape index (κ2) is 7.56. The molecule has 0 unspecified atom stereocenters. The van der Waals surface area contributed by atoms with Gasteiger partial charge in [0.15, 0.2) is 5.78 Å². The van der Waals surface area contributed by atoms with Crippen molar-refractivity contribution in [2.45, 2.75) is 5.60 Å². The van der Waals surface area contributed by atoms with E-state index in [9.17, 15) is 9.59 Å². The smallest absolute Gasteiger partial charge is 0.277 e. The Balaban J connectivity index is 1.52. The predicted octanol–water partition coefficient (Wildman–Crippen LogP) is 4.93. The number of nitrogens with zero attached hydrogens (tertiary/aromatic N) is 1. The van der Waals surface area contributed by atoms with Crippen molar-refractivity contribution in [1.82, 2.24) is 0 Å². The Bertz CT molecular complexity index is 1490. The first kappa shape index (κ1) is 20.2. The average Bonchev–Trinajstić information content (AvgIpc) is 3.42. The Labute approximate surface area is 195 Å². The van der Waals surface area contributed by atoms with Gasteiger partial charge in [-0.05, 0) is 47.2 Å². The number of hydrogen-bond donors (Lipinski definition) is 1. The molecule has 0 saturated carbocycles. The van der Waals surface area contributed by atoms with Gasteiger partial charge in [0, 0.05) is 22.4 Å². The molecule has 6 heteroatoms. The molecule has 2 aliphatic heterocycles. The van der Waals surface area contributed by atoms with Crippen LogP contribution in [0.15, 0.2) is 96.2 Å². The molecule has 4 aromatic rings. The number of amides is 1. The number of carbonyl (C=O) groups excluding carboxylic acids is 2. The highest BCUT2D eigenvalue weighted by Gasteiger charge is 2.63. The fourth-order valence-electron chi connectivity index (χ4n) is 4.85. The fraction of sp³-hybridized carbons (Fsp3) is 0.107. The molecular formula is C28H20N2O4. The normalized spacial score (nSPS) is 20.6. The minimum atomic E-state index is -1.57. The number of hydrogen-bond acceptors (Lipinski definition) is 5. The second-order valence-electron chi connectivity index (χ2n) is 8.39. The minimum absolute atomic E-state index is 0.232. The van der Waals surface area contributed by atoms with E-state index in [4.69, 9.17) is 9.57 Å². The number of ether oxygens (including phenoxy) is 1. The molecule has 2 atom stereocenters. The van der Waals surface area contributed by atoms with E-state index in [-0.39, 0.29) is 5.78 Å². The number of anilines is 1. The van der Waals surface area contributed by atoms with Gasteiger partial charge in [0.2, 0.25) is 0 Å². The summed E-state index contributed by atoms with van der Waals surface area (Å²) in [6.45, 7) is 0. The van der Waals surface area contributed by atoms with Gasteiger partial charge < -0.3 is 14.9 Å². The summed E-state index contributed by atoms with van der Waals surface area (Å²) in [4.78, 5) is 33.5. The molecule has 0 radical (unpaired) electrons. The van der Waals surface area contributed by atoms with Crippen LogP contribution in [0.25, 0.3) is 10.8 Å². The van der Waals surface area contributed by atoms with E-state index in [1.165, 1.54) is 0 Å². The second-order valence-corrected chi connectivity index (χ2v) is 8.39. The molecule has 2 heterocycles. The van der Waals surface area contributed by atoms with Gasteiger partial charge in [0.1, 0.15) is 17.4 Å². The van der Waals surface area contributed by atoms with Crippen LogP contribution in [-0.2, 0) is 15.2 Å². The zero-order valence-electron chi connectivity index (χ0n) is 18.3. The lowest BCUT2D eigenvalue weighted by Gasteiger charge is -2.26. The monoisotopic (exact) mass is 448 g/mol. The molecule has 0 aliphatic carbocycles. The highest BCUT2D eigenvalue weighted by Crippen LogP contribution is 2.49. The highest BCUT2D eigenvalue weighted by atomic mass is 16.7. The van der Waals surface area contributed by atoms with E-state index >= 15 is 0 Å². The summed E-state index contributed by atoms with van der Waals surface area (Å²) in [7, 11) is 1.59. The summed E-state index contributed by atoms with van der Waals surface area (Å²) in [5.41, 5.74) is 1.24. The summed E-state index contributed by atoms with van der Waals surface area (Å²) in [6, 6.07) is 27.9. The third-order valence-electron chi connectivity index (χ3n) is 6.56. The van der Waals surface area contributed by atoms with Crippen molar-refractivity contribution in [3.05, 3.63) is 108 Å². The van der Waals surface area contributed by atoms with Crippen LogP contribution in [0.5, 0.6) is 5.75 Å². The maximum atomic E-state index is 14.1. The van der Waals surface area contributed by atoms with Crippen LogP contribution in [0, 0.1) is 5.92 Å². The number of rotatable bonds is 4. The van der Waals surface area contributed by atoms with Gasteiger partial charge in [-0.15, -0.1) is 0 Å². The molecule has 166 valence electrons. The first-order chi connectivity index (χ1) is 16.6. The molecule has 6 nitrogen and oxygen atoms in total. The maximum absolute atomic E-state index is 14.1. The Morgan fingerprint density at radius 1 is 0.941 bits per heavy atom. The van der Waals surface area contributed by atoms with Gasteiger partial charge in [-0.1, -0.05) is 59.8 Å². The van der Waals surface area contributed by atoms with Crippen molar-refractivity contribution < 1.29 is 19.2 Å². The van der Waals surface area contributed by atoms with Crippen LogP contribution in [0.3, 0.4) is 0 Å². The molecule has 1 N–H and O–H groups in total. The van der Waals surface area contributed by atoms with E-state index in [0.717, 1.165) is 10.8 Å². The lowest BCUT2D eigenvalue weighted by atomic mass is 9.74. The van der Waals surface area contributed by atoms with Crippen molar-refractivity contribution in [3.63, 3.8) is 0 Å². The molecule has 0 bridgehead atoms. The molecule has 4 aromatic carbocycles. The fourth-order valence-corrected chi connectivity index (χ4v) is 4.85. The number of ketones is 1. The topological polar surface area (TPSA) is 77.0 Å². The number of para-hydroxylation sites is 1. The van der Waals surface area contributed by atoms with Crippen LogP contribution in [-0.4, -0.2) is 24.5 Å². The van der Waals surface area contributed by atoms with E-state index in [1.54, 1.807) is 37.4 Å². The summed E-state index contributed by atoms with van der Waals surface area (Å²) < 4.78 is 5.27. The summed E-state index contributed by atoms with van der Waals surface area (Å²) in [5, 5.41) is 9.18.